The fraction of sp³-hybridized carbons (Fsp3) is 0.625. The molecular formula is C8H10N2. The second kappa shape index (κ2) is 1.44. The highest BCUT2D eigenvalue weighted by atomic mass is 15.1. The molecule has 0 spiro atoms. The van der Waals surface area contributed by atoms with Crippen LogP contribution in [0.15, 0.2) is 6.20 Å². The minimum atomic E-state index is 0.891. The van der Waals surface area contributed by atoms with E-state index in [0.717, 1.165) is 11.8 Å². The Bertz CT molecular complexity index is 264. The van der Waals surface area contributed by atoms with Crippen molar-refractivity contribution in [2.45, 2.75) is 25.2 Å². The van der Waals surface area contributed by atoms with Crippen molar-refractivity contribution in [3.63, 3.8) is 0 Å². The summed E-state index contributed by atoms with van der Waals surface area (Å²) in [5.74, 6) is 1.91. The highest BCUT2D eigenvalue weighted by Crippen LogP contribution is 2.53. The molecule has 2 unspecified atom stereocenters. The smallest absolute Gasteiger partial charge is 0.0525 e. The molecule has 3 rings (SSSR count). The van der Waals surface area contributed by atoms with Crippen LogP contribution in [0.3, 0.4) is 0 Å². The number of aromatic nitrogens is 2. The lowest BCUT2D eigenvalue weighted by atomic mass is 9.99. The summed E-state index contributed by atoms with van der Waals surface area (Å²) in [4.78, 5) is 0. The van der Waals surface area contributed by atoms with E-state index in [1.54, 1.807) is 0 Å². The normalized spacial score (nSPS) is 34.8. The molecule has 0 amide bonds. The third-order valence-corrected chi connectivity index (χ3v) is 2.84. The van der Waals surface area contributed by atoms with Crippen molar-refractivity contribution >= 4 is 0 Å². The van der Waals surface area contributed by atoms with Gasteiger partial charge in [-0.15, -0.1) is 0 Å². The molecule has 2 aliphatic rings. The maximum atomic E-state index is 4.06. The van der Waals surface area contributed by atoms with Crippen molar-refractivity contribution in [1.29, 1.82) is 0 Å². The Kier molecular flexibility index (Phi) is 0.712. The van der Waals surface area contributed by atoms with Gasteiger partial charge in [-0.25, -0.2) is 0 Å². The Labute approximate surface area is 59.6 Å². The Hall–Kier alpha value is -0.790. The average molecular weight is 134 g/mol. The highest BCUT2D eigenvalue weighted by Gasteiger charge is 2.42. The molecule has 0 saturated heterocycles. The Balaban J connectivity index is 2.15. The van der Waals surface area contributed by atoms with Gasteiger partial charge in [0.05, 0.1) is 6.20 Å². The van der Waals surface area contributed by atoms with Crippen LogP contribution in [0.1, 0.15) is 30.0 Å². The first-order valence-corrected chi connectivity index (χ1v) is 3.97. The first-order chi connectivity index (χ1) is 4.95. The van der Waals surface area contributed by atoms with Gasteiger partial charge in [0.1, 0.15) is 0 Å². The van der Waals surface area contributed by atoms with Crippen molar-refractivity contribution in [2.24, 2.45) is 5.92 Å². The van der Waals surface area contributed by atoms with Crippen molar-refractivity contribution < 1.29 is 0 Å². The molecule has 0 radical (unpaired) electrons. The van der Waals surface area contributed by atoms with Crippen LogP contribution in [0.5, 0.6) is 0 Å². The lowest BCUT2D eigenvalue weighted by Gasteiger charge is -2.07. The molecule has 1 saturated carbocycles. The largest absolute Gasteiger partial charge is 0.282 e. The predicted molar refractivity (Wildman–Crippen MR) is 37.8 cm³/mol. The molecular weight excluding hydrogens is 124 g/mol. The maximum Gasteiger partial charge on any atom is 0.0525 e. The summed E-state index contributed by atoms with van der Waals surface area (Å²) < 4.78 is 0. The number of aromatic amines is 1. The van der Waals surface area contributed by atoms with Crippen LogP contribution in [0, 0.1) is 5.92 Å². The summed E-state index contributed by atoms with van der Waals surface area (Å²) in [6, 6.07) is 0. The lowest BCUT2D eigenvalue weighted by Crippen LogP contribution is -1.98. The number of aryl methyl sites for hydroxylation is 1. The van der Waals surface area contributed by atoms with Gasteiger partial charge in [-0.3, -0.25) is 5.10 Å². The highest BCUT2D eigenvalue weighted by molar-refractivity contribution is 5.30. The summed E-state index contributed by atoms with van der Waals surface area (Å²) in [6.45, 7) is 0. The van der Waals surface area contributed by atoms with E-state index in [4.69, 9.17) is 0 Å². The van der Waals surface area contributed by atoms with Crippen LogP contribution >= 0.6 is 0 Å². The third-order valence-electron chi connectivity index (χ3n) is 2.84. The van der Waals surface area contributed by atoms with Crippen molar-refractivity contribution in [3.05, 3.63) is 17.5 Å². The summed E-state index contributed by atoms with van der Waals surface area (Å²) in [5, 5.41) is 7.12. The molecule has 1 heterocycles. The van der Waals surface area contributed by atoms with E-state index in [0.29, 0.717) is 0 Å². The first-order valence-electron chi connectivity index (χ1n) is 3.97. The number of H-pyrrole nitrogens is 1. The van der Waals surface area contributed by atoms with Crippen molar-refractivity contribution in [1.82, 2.24) is 10.2 Å². The molecule has 52 valence electrons. The van der Waals surface area contributed by atoms with E-state index >= 15 is 0 Å². The maximum absolute atomic E-state index is 4.06. The van der Waals surface area contributed by atoms with Gasteiger partial charge in [-0.1, -0.05) is 0 Å². The molecule has 2 aliphatic carbocycles. The first kappa shape index (κ1) is 4.94. The van der Waals surface area contributed by atoms with Crippen molar-refractivity contribution in [2.75, 3.05) is 0 Å². The molecule has 0 aliphatic heterocycles. The molecule has 1 N–H and O–H groups in total. The quantitative estimate of drug-likeness (QED) is 0.571. The number of hydrogen-bond acceptors (Lipinski definition) is 1. The number of hydrogen-bond donors (Lipinski definition) is 1. The number of nitrogens with zero attached hydrogens (tertiary/aromatic N) is 1. The second-order valence-electron chi connectivity index (χ2n) is 3.44. The van der Waals surface area contributed by atoms with Gasteiger partial charge < -0.3 is 0 Å². The lowest BCUT2D eigenvalue weighted by molar-refractivity contribution is 0.657. The van der Waals surface area contributed by atoms with Crippen LogP contribution in [0.4, 0.5) is 0 Å². The van der Waals surface area contributed by atoms with E-state index in [1.165, 1.54) is 30.5 Å². The van der Waals surface area contributed by atoms with Crippen LogP contribution in [0.25, 0.3) is 0 Å². The summed E-state index contributed by atoms with van der Waals surface area (Å²) in [6.07, 6.45) is 6.06. The van der Waals surface area contributed by atoms with E-state index in [2.05, 4.69) is 10.2 Å². The molecule has 2 atom stereocenters. The molecule has 1 aromatic rings. The van der Waals surface area contributed by atoms with Gasteiger partial charge in [0.25, 0.3) is 0 Å². The number of nitrogens with one attached hydrogen (secondary N) is 1. The molecule has 2 heteroatoms. The predicted octanol–water partition coefficient (Wildman–Crippen LogP) is 1.46. The van der Waals surface area contributed by atoms with Gasteiger partial charge in [0, 0.05) is 5.69 Å². The summed E-state index contributed by atoms with van der Waals surface area (Å²) in [7, 11) is 0. The number of rotatable bonds is 0. The number of fused-ring (bicyclic) bond motifs is 3. The van der Waals surface area contributed by atoms with Crippen LogP contribution in [0.2, 0.25) is 0 Å². The van der Waals surface area contributed by atoms with E-state index < -0.39 is 0 Å². The zero-order valence-corrected chi connectivity index (χ0v) is 5.80. The summed E-state index contributed by atoms with van der Waals surface area (Å²) >= 11 is 0. The SMILES string of the molecule is c1n[nH]c2c1C1CC1CC2. The zero-order valence-electron chi connectivity index (χ0n) is 5.80. The standard InChI is InChI=1S/C8H10N2/c1-2-8-7(4-9-10-8)6-3-5(1)6/h4-6H,1-3H2,(H,9,10). The van der Waals surface area contributed by atoms with Crippen LogP contribution in [-0.2, 0) is 6.42 Å². The third kappa shape index (κ3) is 0.474. The van der Waals surface area contributed by atoms with E-state index in [1.807, 2.05) is 6.20 Å². The van der Waals surface area contributed by atoms with Crippen LogP contribution in [-0.4, -0.2) is 10.2 Å². The minimum Gasteiger partial charge on any atom is -0.282 e. The molecule has 1 fully saturated rings. The molecule has 2 nitrogen and oxygen atoms in total. The minimum absolute atomic E-state index is 0.891. The fourth-order valence-electron chi connectivity index (χ4n) is 2.12. The summed E-state index contributed by atoms with van der Waals surface area (Å²) in [5.41, 5.74) is 2.91. The molecule has 0 bridgehead atoms. The van der Waals surface area contributed by atoms with E-state index in [-0.39, 0.29) is 0 Å². The Morgan fingerprint density at radius 1 is 1.60 bits per heavy atom. The molecule has 1 aromatic heterocycles. The van der Waals surface area contributed by atoms with Gasteiger partial charge >= 0.3 is 0 Å². The zero-order chi connectivity index (χ0) is 6.55. The monoisotopic (exact) mass is 134 g/mol. The van der Waals surface area contributed by atoms with Gasteiger partial charge in [-0.2, -0.15) is 5.10 Å². The van der Waals surface area contributed by atoms with Gasteiger partial charge in [0.15, 0.2) is 0 Å². The Morgan fingerprint density at radius 3 is 3.60 bits per heavy atom. The molecule has 10 heavy (non-hydrogen) atoms. The fourth-order valence-corrected chi connectivity index (χ4v) is 2.12. The average Bonchev–Trinajstić information content (AvgIpc) is 2.60. The second-order valence-corrected chi connectivity index (χ2v) is 3.44. The topological polar surface area (TPSA) is 28.7 Å². The van der Waals surface area contributed by atoms with Gasteiger partial charge in [0.2, 0.25) is 0 Å². The van der Waals surface area contributed by atoms with Gasteiger partial charge in [-0.05, 0) is 36.7 Å². The Morgan fingerprint density at radius 2 is 2.60 bits per heavy atom. The van der Waals surface area contributed by atoms with Crippen molar-refractivity contribution in [3.8, 4) is 0 Å². The van der Waals surface area contributed by atoms with E-state index in [9.17, 15) is 0 Å². The van der Waals surface area contributed by atoms with Crippen LogP contribution < -0.4 is 0 Å². The molecule has 0 aromatic carbocycles.